The molecule has 0 saturated heterocycles. The molecule has 1 saturated carbocycles. The first-order valence-electron chi connectivity index (χ1n) is 6.28. The number of ether oxygens (including phenoxy) is 1. The van der Waals surface area contributed by atoms with Gasteiger partial charge in [0.1, 0.15) is 5.75 Å². The maximum Gasteiger partial charge on any atom is 0.119 e. The van der Waals surface area contributed by atoms with E-state index >= 15 is 0 Å². The molecule has 2 rings (SSSR count). The fraction of sp³-hybridized carbons (Fsp3) is 0.500. The molecule has 3 nitrogen and oxygen atoms in total. The van der Waals surface area contributed by atoms with Gasteiger partial charge in [0.2, 0.25) is 0 Å². The van der Waals surface area contributed by atoms with Crippen LogP contribution in [0.5, 0.6) is 5.75 Å². The standard InChI is InChI=1S/C14H20N2O/c15-14(16)9-11-5-7-13(8-6-11)17-10-12-3-1-2-4-12/h5-8,12H,1-4,9-10H2,(H3,15,16). The number of rotatable bonds is 5. The van der Waals surface area contributed by atoms with E-state index in [-0.39, 0.29) is 5.84 Å². The van der Waals surface area contributed by atoms with Crippen molar-refractivity contribution in [3.05, 3.63) is 29.8 Å². The minimum absolute atomic E-state index is 0.199. The summed E-state index contributed by atoms with van der Waals surface area (Å²) in [6, 6.07) is 7.89. The summed E-state index contributed by atoms with van der Waals surface area (Å²) in [5, 5.41) is 7.23. The normalized spacial score (nSPS) is 16.0. The Labute approximate surface area is 102 Å². The highest BCUT2D eigenvalue weighted by molar-refractivity contribution is 5.79. The summed E-state index contributed by atoms with van der Waals surface area (Å²) >= 11 is 0. The smallest absolute Gasteiger partial charge is 0.119 e. The zero-order valence-electron chi connectivity index (χ0n) is 10.1. The maximum atomic E-state index is 7.23. The van der Waals surface area contributed by atoms with E-state index in [1.165, 1.54) is 25.7 Å². The molecule has 0 aromatic heterocycles. The lowest BCUT2D eigenvalue weighted by atomic mass is 10.1. The Morgan fingerprint density at radius 3 is 2.47 bits per heavy atom. The van der Waals surface area contributed by atoms with Crippen molar-refractivity contribution in [3.63, 3.8) is 0 Å². The summed E-state index contributed by atoms with van der Waals surface area (Å²) in [5.41, 5.74) is 6.42. The number of nitrogens with two attached hydrogens (primary N) is 1. The van der Waals surface area contributed by atoms with Crippen LogP contribution in [-0.2, 0) is 6.42 Å². The van der Waals surface area contributed by atoms with Crippen LogP contribution in [0.2, 0.25) is 0 Å². The fourth-order valence-electron chi connectivity index (χ4n) is 2.31. The summed E-state index contributed by atoms with van der Waals surface area (Å²) in [7, 11) is 0. The molecule has 1 aromatic rings. The van der Waals surface area contributed by atoms with Gasteiger partial charge in [-0.25, -0.2) is 0 Å². The van der Waals surface area contributed by atoms with E-state index in [0.29, 0.717) is 6.42 Å². The molecular formula is C14H20N2O. The van der Waals surface area contributed by atoms with Gasteiger partial charge in [0, 0.05) is 6.42 Å². The van der Waals surface area contributed by atoms with Crippen LogP contribution in [0.4, 0.5) is 0 Å². The van der Waals surface area contributed by atoms with Crippen molar-refractivity contribution >= 4 is 5.84 Å². The number of hydrogen-bond donors (Lipinski definition) is 2. The number of nitrogens with one attached hydrogen (secondary N) is 1. The second kappa shape index (κ2) is 5.71. The Balaban J connectivity index is 1.82. The SMILES string of the molecule is N=C(N)Cc1ccc(OCC2CCCC2)cc1. The first-order chi connectivity index (χ1) is 8.24. The fourth-order valence-corrected chi connectivity index (χ4v) is 2.31. The molecule has 0 aliphatic heterocycles. The lowest BCUT2D eigenvalue weighted by Crippen LogP contribution is -2.12. The molecule has 0 amide bonds. The molecule has 0 bridgehead atoms. The first kappa shape index (κ1) is 12.0. The van der Waals surface area contributed by atoms with Crippen LogP contribution in [0.15, 0.2) is 24.3 Å². The second-order valence-electron chi connectivity index (χ2n) is 4.81. The van der Waals surface area contributed by atoms with Crippen LogP contribution in [0, 0.1) is 11.3 Å². The Kier molecular flexibility index (Phi) is 4.02. The van der Waals surface area contributed by atoms with Gasteiger partial charge in [-0.2, -0.15) is 0 Å². The van der Waals surface area contributed by atoms with Gasteiger partial charge in [-0.15, -0.1) is 0 Å². The molecule has 0 spiro atoms. The van der Waals surface area contributed by atoms with Gasteiger partial charge < -0.3 is 10.5 Å². The van der Waals surface area contributed by atoms with E-state index < -0.39 is 0 Å². The number of hydrogen-bond acceptors (Lipinski definition) is 2. The molecule has 1 fully saturated rings. The highest BCUT2D eigenvalue weighted by Gasteiger charge is 2.15. The third-order valence-corrected chi connectivity index (χ3v) is 3.28. The van der Waals surface area contributed by atoms with Crippen molar-refractivity contribution in [2.24, 2.45) is 11.7 Å². The molecule has 1 aliphatic rings. The summed E-state index contributed by atoms with van der Waals surface area (Å²) in [6.07, 6.45) is 5.84. The van der Waals surface area contributed by atoms with Crippen molar-refractivity contribution in [1.29, 1.82) is 5.41 Å². The molecule has 1 aliphatic carbocycles. The van der Waals surface area contributed by atoms with Gasteiger partial charge in [-0.05, 0) is 36.5 Å². The van der Waals surface area contributed by atoms with Gasteiger partial charge in [-0.1, -0.05) is 25.0 Å². The van der Waals surface area contributed by atoms with E-state index in [4.69, 9.17) is 15.9 Å². The lowest BCUT2D eigenvalue weighted by Gasteiger charge is -2.11. The van der Waals surface area contributed by atoms with E-state index in [9.17, 15) is 0 Å². The predicted molar refractivity (Wildman–Crippen MR) is 69.5 cm³/mol. The lowest BCUT2D eigenvalue weighted by molar-refractivity contribution is 0.252. The van der Waals surface area contributed by atoms with Crippen LogP contribution < -0.4 is 10.5 Å². The molecule has 3 N–H and O–H groups in total. The molecule has 0 radical (unpaired) electrons. The average Bonchev–Trinajstić information content (AvgIpc) is 2.80. The van der Waals surface area contributed by atoms with Crippen LogP contribution in [-0.4, -0.2) is 12.4 Å². The first-order valence-corrected chi connectivity index (χ1v) is 6.28. The highest BCUT2D eigenvalue weighted by atomic mass is 16.5. The summed E-state index contributed by atoms with van der Waals surface area (Å²) in [6.45, 7) is 0.839. The molecule has 17 heavy (non-hydrogen) atoms. The van der Waals surface area contributed by atoms with Crippen molar-refractivity contribution in [3.8, 4) is 5.75 Å². The maximum absolute atomic E-state index is 7.23. The van der Waals surface area contributed by atoms with Crippen LogP contribution in [0.1, 0.15) is 31.2 Å². The predicted octanol–water partition coefficient (Wildman–Crippen LogP) is 2.73. The minimum Gasteiger partial charge on any atom is -0.493 e. The van der Waals surface area contributed by atoms with E-state index in [0.717, 1.165) is 23.8 Å². The zero-order chi connectivity index (χ0) is 12.1. The van der Waals surface area contributed by atoms with Crippen LogP contribution in [0.25, 0.3) is 0 Å². The van der Waals surface area contributed by atoms with Crippen molar-refractivity contribution in [2.45, 2.75) is 32.1 Å². The quantitative estimate of drug-likeness (QED) is 0.605. The number of amidine groups is 1. The van der Waals surface area contributed by atoms with Gasteiger partial charge >= 0.3 is 0 Å². The summed E-state index contributed by atoms with van der Waals surface area (Å²) in [5.74, 6) is 1.86. The third kappa shape index (κ3) is 3.77. The van der Waals surface area contributed by atoms with Gasteiger partial charge in [0.25, 0.3) is 0 Å². The van der Waals surface area contributed by atoms with Crippen molar-refractivity contribution in [1.82, 2.24) is 0 Å². The second-order valence-corrected chi connectivity index (χ2v) is 4.81. The monoisotopic (exact) mass is 232 g/mol. The van der Waals surface area contributed by atoms with Gasteiger partial charge in [0.05, 0.1) is 12.4 Å². The molecule has 0 heterocycles. The average molecular weight is 232 g/mol. The van der Waals surface area contributed by atoms with E-state index in [1.54, 1.807) is 0 Å². The Hall–Kier alpha value is -1.51. The molecule has 0 atom stereocenters. The van der Waals surface area contributed by atoms with Crippen molar-refractivity contribution < 1.29 is 4.74 Å². The highest BCUT2D eigenvalue weighted by Crippen LogP contribution is 2.25. The minimum atomic E-state index is 0.199. The van der Waals surface area contributed by atoms with Crippen molar-refractivity contribution in [2.75, 3.05) is 6.61 Å². The molecule has 3 heteroatoms. The number of benzene rings is 1. The Morgan fingerprint density at radius 2 is 1.88 bits per heavy atom. The van der Waals surface area contributed by atoms with E-state index in [2.05, 4.69) is 0 Å². The third-order valence-electron chi connectivity index (χ3n) is 3.28. The largest absolute Gasteiger partial charge is 0.493 e. The van der Waals surface area contributed by atoms with Gasteiger partial charge in [-0.3, -0.25) is 5.41 Å². The van der Waals surface area contributed by atoms with Gasteiger partial charge in [0.15, 0.2) is 0 Å². The molecule has 92 valence electrons. The topological polar surface area (TPSA) is 59.1 Å². The Bertz CT molecular complexity index is 366. The van der Waals surface area contributed by atoms with Crippen LogP contribution in [0.3, 0.4) is 0 Å². The molecule has 1 aromatic carbocycles. The summed E-state index contributed by atoms with van der Waals surface area (Å²) in [4.78, 5) is 0. The molecular weight excluding hydrogens is 212 g/mol. The van der Waals surface area contributed by atoms with Crippen LogP contribution >= 0.6 is 0 Å². The Morgan fingerprint density at radius 1 is 1.24 bits per heavy atom. The zero-order valence-corrected chi connectivity index (χ0v) is 10.1. The molecule has 0 unspecified atom stereocenters. The summed E-state index contributed by atoms with van der Waals surface area (Å²) < 4.78 is 5.76. The van der Waals surface area contributed by atoms with E-state index in [1.807, 2.05) is 24.3 Å².